The van der Waals surface area contributed by atoms with Gasteiger partial charge in [-0.3, -0.25) is 14.4 Å². The molecule has 3 rings (SSSR count). The molecule has 1 N–H and O–H groups in total. The third kappa shape index (κ3) is 8.12. The Balaban J connectivity index is 1.65. The second-order valence-electron chi connectivity index (χ2n) is 10.3. The minimum absolute atomic E-state index is 0.0354. The van der Waals surface area contributed by atoms with Gasteiger partial charge in [-0.25, -0.2) is 0 Å². The van der Waals surface area contributed by atoms with Gasteiger partial charge in [-0.15, -0.1) is 11.8 Å². The van der Waals surface area contributed by atoms with Gasteiger partial charge in [0.2, 0.25) is 5.91 Å². The normalized spacial score (nSPS) is 19.8. The van der Waals surface area contributed by atoms with Crippen LogP contribution in [0.2, 0.25) is 0 Å². The molecule has 1 saturated heterocycles. The van der Waals surface area contributed by atoms with Crippen LogP contribution < -0.4 is 5.32 Å². The second kappa shape index (κ2) is 12.0. The standard InChI is InChI=1S/C29H37NO5S/c1-6-34-26(33)20(2)18-29(19-21-12-14-23(15-13-21)22-10-8-7-9-11-22)27(36-29)30-24(31)16-17-25(32)35-28(3,4)5/h7-15,20,27H,6,16-19H2,1-5H3,(H,30,31)/t20-,27?,29+/m1/s1. The number of hydrogen-bond donors (Lipinski definition) is 1. The zero-order chi connectivity index (χ0) is 26.3. The van der Waals surface area contributed by atoms with Crippen LogP contribution in [0.5, 0.6) is 0 Å². The second-order valence-corrected chi connectivity index (χ2v) is 11.8. The summed E-state index contributed by atoms with van der Waals surface area (Å²) in [6.45, 7) is 9.42. The first-order valence-electron chi connectivity index (χ1n) is 12.5. The number of benzene rings is 2. The van der Waals surface area contributed by atoms with Gasteiger partial charge in [0.15, 0.2) is 0 Å². The fraction of sp³-hybridized carbons (Fsp3) is 0.483. The lowest BCUT2D eigenvalue weighted by Gasteiger charge is -2.20. The number of nitrogens with one attached hydrogen (secondary N) is 1. The van der Waals surface area contributed by atoms with Crippen molar-refractivity contribution in [2.45, 2.75) is 76.0 Å². The molecule has 0 aromatic heterocycles. The van der Waals surface area contributed by atoms with Crippen molar-refractivity contribution in [1.29, 1.82) is 0 Å². The van der Waals surface area contributed by atoms with Crippen molar-refractivity contribution in [3.8, 4) is 11.1 Å². The molecule has 3 atom stereocenters. The van der Waals surface area contributed by atoms with Gasteiger partial charge in [-0.1, -0.05) is 61.5 Å². The lowest BCUT2D eigenvalue weighted by molar-refractivity contribution is -0.155. The Kier molecular flexibility index (Phi) is 9.23. The third-order valence-electron chi connectivity index (χ3n) is 5.95. The maximum Gasteiger partial charge on any atom is 0.308 e. The highest BCUT2D eigenvalue weighted by Gasteiger charge is 2.57. The number of carbonyl (C=O) groups is 3. The zero-order valence-corrected chi connectivity index (χ0v) is 22.7. The van der Waals surface area contributed by atoms with E-state index < -0.39 is 5.60 Å². The monoisotopic (exact) mass is 511 g/mol. The number of rotatable bonds is 11. The molecular weight excluding hydrogens is 474 g/mol. The van der Waals surface area contributed by atoms with Crippen LogP contribution in [0.25, 0.3) is 11.1 Å². The highest BCUT2D eigenvalue weighted by Crippen LogP contribution is 2.57. The number of carbonyl (C=O) groups excluding carboxylic acids is 3. The van der Waals surface area contributed by atoms with Crippen LogP contribution in [0.3, 0.4) is 0 Å². The summed E-state index contributed by atoms with van der Waals surface area (Å²) >= 11 is 1.66. The fourth-order valence-electron chi connectivity index (χ4n) is 4.23. The van der Waals surface area contributed by atoms with Gasteiger partial charge >= 0.3 is 11.9 Å². The van der Waals surface area contributed by atoms with Crippen LogP contribution in [-0.4, -0.2) is 40.2 Å². The summed E-state index contributed by atoms with van der Waals surface area (Å²) in [6.07, 6.45) is 1.41. The highest BCUT2D eigenvalue weighted by atomic mass is 32.2. The lowest BCUT2D eigenvalue weighted by atomic mass is 9.89. The Labute approximate surface area is 218 Å². The van der Waals surface area contributed by atoms with Gasteiger partial charge in [0, 0.05) is 6.42 Å². The Morgan fingerprint density at radius 2 is 1.64 bits per heavy atom. The van der Waals surface area contributed by atoms with Gasteiger partial charge in [0.05, 0.1) is 29.1 Å². The maximum atomic E-state index is 12.6. The Morgan fingerprint density at radius 1 is 1.00 bits per heavy atom. The van der Waals surface area contributed by atoms with Gasteiger partial charge in [-0.05, 0) is 57.2 Å². The molecule has 194 valence electrons. The molecule has 0 saturated carbocycles. The van der Waals surface area contributed by atoms with Crippen molar-refractivity contribution in [2.75, 3.05) is 6.61 Å². The summed E-state index contributed by atoms with van der Waals surface area (Å²) in [5, 5.41) is 2.93. The van der Waals surface area contributed by atoms with Crippen molar-refractivity contribution in [3.05, 3.63) is 60.2 Å². The first-order chi connectivity index (χ1) is 17.0. The molecular formula is C29H37NO5S. The molecule has 1 unspecified atom stereocenters. The molecule has 36 heavy (non-hydrogen) atoms. The summed E-state index contributed by atoms with van der Waals surface area (Å²) in [4.78, 5) is 36.9. The van der Waals surface area contributed by atoms with Crippen LogP contribution in [0.1, 0.15) is 59.4 Å². The topological polar surface area (TPSA) is 81.7 Å². The molecule has 2 aromatic carbocycles. The Hall–Kier alpha value is -2.80. The van der Waals surface area contributed by atoms with E-state index in [0.717, 1.165) is 16.7 Å². The first-order valence-corrected chi connectivity index (χ1v) is 13.4. The summed E-state index contributed by atoms with van der Waals surface area (Å²) in [7, 11) is 0. The van der Waals surface area contributed by atoms with Gasteiger partial charge < -0.3 is 14.8 Å². The van der Waals surface area contributed by atoms with Crippen molar-refractivity contribution >= 4 is 29.6 Å². The van der Waals surface area contributed by atoms with Crippen molar-refractivity contribution in [1.82, 2.24) is 5.32 Å². The third-order valence-corrected chi connectivity index (χ3v) is 7.51. The Bertz CT molecular complexity index is 1050. The number of esters is 2. The summed E-state index contributed by atoms with van der Waals surface area (Å²) in [5.74, 6) is -1.09. The molecule has 2 aromatic rings. The molecule has 6 nitrogen and oxygen atoms in total. The molecule has 0 bridgehead atoms. The van der Waals surface area contributed by atoms with Crippen LogP contribution in [-0.2, 0) is 30.3 Å². The van der Waals surface area contributed by atoms with E-state index in [1.807, 2.05) is 25.1 Å². The molecule has 0 aliphatic carbocycles. The van der Waals surface area contributed by atoms with E-state index in [2.05, 4.69) is 41.7 Å². The number of ether oxygens (including phenoxy) is 2. The Morgan fingerprint density at radius 3 is 2.25 bits per heavy atom. The lowest BCUT2D eigenvalue weighted by Crippen LogP contribution is -2.36. The largest absolute Gasteiger partial charge is 0.466 e. The smallest absolute Gasteiger partial charge is 0.308 e. The molecule has 1 heterocycles. The molecule has 1 amide bonds. The van der Waals surface area contributed by atoms with E-state index in [1.54, 1.807) is 39.5 Å². The summed E-state index contributed by atoms with van der Waals surface area (Å²) in [6, 6.07) is 18.6. The van der Waals surface area contributed by atoms with Gasteiger partial charge in [-0.2, -0.15) is 0 Å². The highest BCUT2D eigenvalue weighted by molar-refractivity contribution is 8.08. The number of hydrogen-bond acceptors (Lipinski definition) is 6. The molecule has 7 heteroatoms. The van der Waals surface area contributed by atoms with Crippen LogP contribution in [0.15, 0.2) is 54.6 Å². The molecule has 0 spiro atoms. The van der Waals surface area contributed by atoms with Crippen molar-refractivity contribution in [2.24, 2.45) is 5.92 Å². The predicted octanol–water partition coefficient (Wildman–Crippen LogP) is 5.54. The maximum absolute atomic E-state index is 12.6. The SMILES string of the molecule is CCOC(=O)[C@H](C)C[C@@]1(Cc2ccc(-c3ccccc3)cc2)SC1NC(=O)CCC(=O)OC(C)(C)C. The molecule has 1 fully saturated rings. The molecule has 0 radical (unpaired) electrons. The average molecular weight is 512 g/mol. The number of thioether (sulfide) groups is 1. The summed E-state index contributed by atoms with van der Waals surface area (Å²) in [5.41, 5.74) is 2.87. The van der Waals surface area contributed by atoms with Gasteiger partial charge in [0.1, 0.15) is 5.60 Å². The van der Waals surface area contributed by atoms with E-state index in [-0.39, 0.29) is 46.7 Å². The van der Waals surface area contributed by atoms with Crippen LogP contribution >= 0.6 is 11.8 Å². The molecule has 1 aliphatic rings. The van der Waals surface area contributed by atoms with Crippen LogP contribution in [0, 0.1) is 5.92 Å². The zero-order valence-electron chi connectivity index (χ0n) is 21.8. The van der Waals surface area contributed by atoms with E-state index in [0.29, 0.717) is 19.4 Å². The van der Waals surface area contributed by atoms with E-state index in [1.165, 1.54) is 0 Å². The minimum Gasteiger partial charge on any atom is -0.466 e. The van der Waals surface area contributed by atoms with Crippen molar-refractivity contribution < 1.29 is 23.9 Å². The fourth-order valence-corrected chi connectivity index (χ4v) is 5.65. The van der Waals surface area contributed by atoms with E-state index >= 15 is 0 Å². The molecule has 1 aliphatic heterocycles. The van der Waals surface area contributed by atoms with Gasteiger partial charge in [0.25, 0.3) is 0 Å². The predicted molar refractivity (Wildman–Crippen MR) is 143 cm³/mol. The van der Waals surface area contributed by atoms with Crippen molar-refractivity contribution in [3.63, 3.8) is 0 Å². The quantitative estimate of drug-likeness (QED) is 0.315. The number of amides is 1. The summed E-state index contributed by atoms with van der Waals surface area (Å²) < 4.78 is 10.2. The van der Waals surface area contributed by atoms with E-state index in [9.17, 15) is 14.4 Å². The first kappa shape index (κ1) is 27.8. The minimum atomic E-state index is -0.575. The average Bonchev–Trinajstić information content (AvgIpc) is 3.48. The van der Waals surface area contributed by atoms with Crippen LogP contribution in [0.4, 0.5) is 0 Å². The van der Waals surface area contributed by atoms with E-state index in [4.69, 9.17) is 9.47 Å².